The second-order valence-corrected chi connectivity index (χ2v) is 4.54. The highest BCUT2D eigenvalue weighted by Crippen LogP contribution is 2.13. The summed E-state index contributed by atoms with van der Waals surface area (Å²) in [5, 5.41) is 5.72. The molecule has 0 aromatic heterocycles. The van der Waals surface area contributed by atoms with Crippen molar-refractivity contribution in [2.24, 2.45) is 0 Å². The Morgan fingerprint density at radius 3 is 2.14 bits per heavy atom. The zero-order valence-corrected chi connectivity index (χ0v) is 13.4. The van der Waals surface area contributed by atoms with Gasteiger partial charge < -0.3 is 10.6 Å². The number of rotatable bonds is 4. The molecule has 2 amide bonds. The molecule has 0 aliphatic rings. The fraction of sp³-hybridized carbons (Fsp3) is 0.176. The lowest BCUT2D eigenvalue weighted by Gasteiger charge is -2.07. The predicted molar refractivity (Wildman–Crippen MR) is 90.6 cm³/mol. The molecular weight excluding hydrogens is 300 g/mol. The molecule has 4 nitrogen and oxygen atoms in total. The van der Waals surface area contributed by atoms with Crippen LogP contribution in [0.4, 0.5) is 10.5 Å². The van der Waals surface area contributed by atoms with Crippen LogP contribution in [-0.4, -0.2) is 18.4 Å². The average Bonchev–Trinajstić information content (AvgIpc) is 2.57. The van der Waals surface area contributed by atoms with Gasteiger partial charge in [-0.25, -0.2) is 4.79 Å². The standard InChI is InChI=1S/C15H13ClN2O2.C2H6/c16-12-6-8-13(9-7-12)18-15(20)17-10-14(19)11-4-2-1-3-5-11;1-2/h1-9H,10H2,(H2,17,18,20);1-2H3. The molecule has 0 radical (unpaired) electrons. The van der Waals surface area contributed by atoms with Crippen LogP contribution in [0.15, 0.2) is 54.6 Å². The molecular formula is C17H19ClN2O2. The van der Waals surface area contributed by atoms with Crippen molar-refractivity contribution >= 4 is 29.1 Å². The molecule has 0 aliphatic heterocycles. The van der Waals surface area contributed by atoms with Gasteiger partial charge in [0, 0.05) is 16.3 Å². The fourth-order valence-electron chi connectivity index (χ4n) is 1.60. The highest BCUT2D eigenvalue weighted by Gasteiger charge is 2.07. The van der Waals surface area contributed by atoms with Gasteiger partial charge in [0.2, 0.25) is 0 Å². The van der Waals surface area contributed by atoms with Gasteiger partial charge in [-0.3, -0.25) is 4.79 Å². The number of nitrogens with one attached hydrogen (secondary N) is 2. The van der Waals surface area contributed by atoms with E-state index in [1.165, 1.54) is 0 Å². The summed E-state index contributed by atoms with van der Waals surface area (Å²) in [7, 11) is 0. The zero-order chi connectivity index (χ0) is 16.4. The minimum atomic E-state index is -0.434. The lowest BCUT2D eigenvalue weighted by atomic mass is 10.1. The number of amides is 2. The molecule has 0 unspecified atom stereocenters. The van der Waals surface area contributed by atoms with Gasteiger partial charge in [-0.1, -0.05) is 55.8 Å². The molecule has 2 aromatic carbocycles. The number of hydrogen-bond donors (Lipinski definition) is 2. The number of urea groups is 1. The number of ketones is 1. The number of anilines is 1. The summed E-state index contributed by atoms with van der Waals surface area (Å²) in [5.41, 5.74) is 1.18. The van der Waals surface area contributed by atoms with Crippen molar-refractivity contribution in [2.75, 3.05) is 11.9 Å². The van der Waals surface area contributed by atoms with Gasteiger partial charge in [0.1, 0.15) is 0 Å². The first-order valence-electron chi connectivity index (χ1n) is 7.04. The van der Waals surface area contributed by atoms with Crippen molar-refractivity contribution in [3.05, 3.63) is 65.2 Å². The number of Topliss-reactive ketones (excluding diaryl/α,β-unsaturated/α-hetero) is 1. The first kappa shape index (κ1) is 17.7. The van der Waals surface area contributed by atoms with Crippen molar-refractivity contribution in [1.82, 2.24) is 5.32 Å². The van der Waals surface area contributed by atoms with Gasteiger partial charge in [-0.15, -0.1) is 0 Å². The van der Waals surface area contributed by atoms with Crippen LogP contribution >= 0.6 is 11.6 Å². The Morgan fingerprint density at radius 2 is 1.55 bits per heavy atom. The van der Waals surface area contributed by atoms with Crippen LogP contribution in [-0.2, 0) is 0 Å². The second-order valence-electron chi connectivity index (χ2n) is 4.10. The Morgan fingerprint density at radius 1 is 0.955 bits per heavy atom. The predicted octanol–water partition coefficient (Wildman–Crippen LogP) is 4.37. The number of halogens is 1. The topological polar surface area (TPSA) is 58.2 Å². The Kier molecular flexibility index (Phi) is 7.72. The molecule has 22 heavy (non-hydrogen) atoms. The van der Waals surface area contributed by atoms with Gasteiger partial charge in [-0.05, 0) is 24.3 Å². The minimum Gasteiger partial charge on any atom is -0.330 e. The van der Waals surface area contributed by atoms with E-state index in [1.54, 1.807) is 48.5 Å². The quantitative estimate of drug-likeness (QED) is 0.822. The molecule has 0 aliphatic carbocycles. The van der Waals surface area contributed by atoms with Gasteiger partial charge in [0.05, 0.1) is 6.54 Å². The SMILES string of the molecule is CC.O=C(NCC(=O)c1ccccc1)Nc1ccc(Cl)cc1. The number of benzene rings is 2. The summed E-state index contributed by atoms with van der Waals surface area (Å²) >= 11 is 5.75. The number of hydrogen-bond acceptors (Lipinski definition) is 2. The van der Waals surface area contributed by atoms with Crippen molar-refractivity contribution in [1.29, 1.82) is 0 Å². The smallest absolute Gasteiger partial charge is 0.319 e. The molecule has 2 rings (SSSR count). The van der Waals surface area contributed by atoms with E-state index in [2.05, 4.69) is 10.6 Å². The molecule has 2 N–H and O–H groups in total. The third-order valence-electron chi connectivity index (χ3n) is 2.61. The highest BCUT2D eigenvalue weighted by atomic mass is 35.5. The van der Waals surface area contributed by atoms with Gasteiger partial charge in [0.15, 0.2) is 5.78 Å². The summed E-state index contributed by atoms with van der Waals surface area (Å²) in [6, 6.07) is 15.1. The van der Waals surface area contributed by atoms with Crippen molar-refractivity contribution < 1.29 is 9.59 Å². The van der Waals surface area contributed by atoms with Crippen molar-refractivity contribution in [2.45, 2.75) is 13.8 Å². The van der Waals surface area contributed by atoms with E-state index in [4.69, 9.17) is 11.6 Å². The molecule has 0 spiro atoms. The number of carbonyl (C=O) groups is 2. The first-order chi connectivity index (χ1) is 10.6. The van der Waals surface area contributed by atoms with Crippen LogP contribution in [0.5, 0.6) is 0 Å². The van der Waals surface area contributed by atoms with Crippen LogP contribution in [0.25, 0.3) is 0 Å². The number of carbonyl (C=O) groups excluding carboxylic acids is 2. The van der Waals surface area contributed by atoms with Crippen LogP contribution in [0.3, 0.4) is 0 Å². The second kappa shape index (κ2) is 9.58. The molecule has 116 valence electrons. The summed E-state index contributed by atoms with van der Waals surface area (Å²) < 4.78 is 0. The van der Waals surface area contributed by atoms with E-state index in [0.29, 0.717) is 16.3 Å². The summed E-state index contributed by atoms with van der Waals surface area (Å²) in [5.74, 6) is -0.142. The molecule has 0 bridgehead atoms. The Bertz CT molecular complexity index is 598. The molecule has 5 heteroatoms. The molecule has 0 saturated heterocycles. The summed E-state index contributed by atoms with van der Waals surface area (Å²) in [4.78, 5) is 23.4. The molecule has 0 saturated carbocycles. The maximum absolute atomic E-state index is 11.8. The van der Waals surface area contributed by atoms with E-state index in [0.717, 1.165) is 0 Å². The molecule has 0 atom stereocenters. The van der Waals surface area contributed by atoms with Gasteiger partial charge in [0.25, 0.3) is 0 Å². The average molecular weight is 319 g/mol. The fourth-order valence-corrected chi connectivity index (χ4v) is 1.72. The molecule has 0 heterocycles. The third kappa shape index (κ3) is 5.97. The monoisotopic (exact) mass is 318 g/mol. The minimum absolute atomic E-state index is 0.0521. The normalized spacial score (nSPS) is 9.23. The maximum atomic E-state index is 11.8. The zero-order valence-electron chi connectivity index (χ0n) is 12.6. The Hall–Kier alpha value is -2.33. The van der Waals surface area contributed by atoms with Crippen LogP contribution < -0.4 is 10.6 Å². The van der Waals surface area contributed by atoms with Crippen molar-refractivity contribution in [3.8, 4) is 0 Å². The summed E-state index contributed by atoms with van der Waals surface area (Å²) in [6.45, 7) is 3.95. The first-order valence-corrected chi connectivity index (χ1v) is 7.41. The van der Waals surface area contributed by atoms with Crippen LogP contribution in [0, 0.1) is 0 Å². The van der Waals surface area contributed by atoms with E-state index >= 15 is 0 Å². The van der Waals surface area contributed by atoms with E-state index in [-0.39, 0.29) is 12.3 Å². The Labute approximate surface area is 135 Å². The Balaban J connectivity index is 0.00000116. The van der Waals surface area contributed by atoms with Crippen molar-refractivity contribution in [3.63, 3.8) is 0 Å². The summed E-state index contributed by atoms with van der Waals surface area (Å²) in [6.07, 6.45) is 0. The third-order valence-corrected chi connectivity index (χ3v) is 2.86. The maximum Gasteiger partial charge on any atom is 0.319 e. The van der Waals surface area contributed by atoms with Gasteiger partial charge in [-0.2, -0.15) is 0 Å². The van der Waals surface area contributed by atoms with E-state index in [1.807, 2.05) is 19.9 Å². The lowest BCUT2D eigenvalue weighted by molar-refractivity contribution is 0.0993. The lowest BCUT2D eigenvalue weighted by Crippen LogP contribution is -2.33. The van der Waals surface area contributed by atoms with Gasteiger partial charge >= 0.3 is 6.03 Å². The molecule has 0 fully saturated rings. The van der Waals surface area contributed by atoms with E-state index in [9.17, 15) is 9.59 Å². The highest BCUT2D eigenvalue weighted by molar-refractivity contribution is 6.30. The largest absolute Gasteiger partial charge is 0.330 e. The van der Waals surface area contributed by atoms with E-state index < -0.39 is 6.03 Å². The van der Waals surface area contributed by atoms with Crippen LogP contribution in [0.2, 0.25) is 5.02 Å². The molecule has 2 aromatic rings. The van der Waals surface area contributed by atoms with Crippen LogP contribution in [0.1, 0.15) is 24.2 Å².